The number of benzene rings is 2. The highest BCUT2D eigenvalue weighted by atomic mass is 127. The first-order valence-corrected chi connectivity index (χ1v) is 8.48. The molecule has 0 aliphatic heterocycles. The Kier molecular flexibility index (Phi) is 7.38. The number of aryl methyl sites for hydroxylation is 1. The Hall–Kier alpha value is -2.16. The van der Waals surface area contributed by atoms with E-state index in [0.717, 1.165) is 18.3 Å². The normalized spacial score (nSPS) is 11.3. The second-order valence-electron chi connectivity index (χ2n) is 5.96. The van der Waals surface area contributed by atoms with Gasteiger partial charge >= 0.3 is 0 Å². The van der Waals surface area contributed by atoms with Crippen molar-refractivity contribution in [2.45, 2.75) is 20.0 Å². The molecule has 7 heteroatoms. The van der Waals surface area contributed by atoms with Gasteiger partial charge in [0.2, 0.25) is 0 Å². The van der Waals surface area contributed by atoms with Crippen LogP contribution in [0.3, 0.4) is 0 Å². The Bertz CT molecular complexity index is 868. The summed E-state index contributed by atoms with van der Waals surface area (Å²) in [6.07, 6.45) is 1.57. The van der Waals surface area contributed by atoms with Gasteiger partial charge < -0.3 is 10.2 Å². The number of aromatic nitrogens is 3. The van der Waals surface area contributed by atoms with Crippen molar-refractivity contribution in [3.8, 4) is 0 Å². The summed E-state index contributed by atoms with van der Waals surface area (Å²) < 4.78 is 1.78. The van der Waals surface area contributed by atoms with E-state index in [1.165, 1.54) is 16.3 Å². The summed E-state index contributed by atoms with van der Waals surface area (Å²) >= 11 is 0. The summed E-state index contributed by atoms with van der Waals surface area (Å²) in [6, 6.07) is 14.8. The molecule has 0 fully saturated rings. The lowest BCUT2D eigenvalue weighted by atomic mass is 10.1. The van der Waals surface area contributed by atoms with Crippen molar-refractivity contribution in [1.29, 1.82) is 0 Å². The van der Waals surface area contributed by atoms with Crippen molar-refractivity contribution >= 4 is 40.7 Å². The lowest BCUT2D eigenvalue weighted by Gasteiger charge is -2.21. The third-order valence-corrected chi connectivity index (χ3v) is 4.16. The maximum absolute atomic E-state index is 4.82. The first-order valence-electron chi connectivity index (χ1n) is 8.48. The molecule has 1 aromatic heterocycles. The lowest BCUT2D eigenvalue weighted by molar-refractivity contribution is 0.448. The number of rotatable bonds is 5. The van der Waals surface area contributed by atoms with E-state index in [9.17, 15) is 0 Å². The molecule has 0 aliphatic carbocycles. The largest absolute Gasteiger partial charge is 0.357 e. The second-order valence-corrected chi connectivity index (χ2v) is 5.96. The number of nitrogens with zero attached hydrogens (tertiary/aromatic N) is 5. The van der Waals surface area contributed by atoms with Crippen molar-refractivity contribution in [3.05, 3.63) is 60.2 Å². The van der Waals surface area contributed by atoms with E-state index in [4.69, 9.17) is 4.99 Å². The molecule has 0 bridgehead atoms. The SMILES string of the molecule is CCNC(=NCc1cccc2ccccc12)N(C)Cc1ncnn1C.I. The van der Waals surface area contributed by atoms with E-state index in [2.05, 4.69) is 69.7 Å². The molecule has 1 N–H and O–H groups in total. The van der Waals surface area contributed by atoms with Gasteiger partial charge in [0.05, 0.1) is 13.1 Å². The van der Waals surface area contributed by atoms with Crippen LogP contribution in [0.1, 0.15) is 18.3 Å². The lowest BCUT2D eigenvalue weighted by Crippen LogP contribution is -2.39. The Morgan fingerprint density at radius 1 is 1.19 bits per heavy atom. The smallest absolute Gasteiger partial charge is 0.194 e. The number of hydrogen-bond acceptors (Lipinski definition) is 3. The molecule has 0 spiro atoms. The van der Waals surface area contributed by atoms with Crippen LogP contribution in [0.5, 0.6) is 0 Å². The number of fused-ring (bicyclic) bond motifs is 1. The third-order valence-electron chi connectivity index (χ3n) is 4.16. The van der Waals surface area contributed by atoms with Gasteiger partial charge in [-0.2, -0.15) is 5.10 Å². The van der Waals surface area contributed by atoms with Crippen LogP contribution < -0.4 is 5.32 Å². The molecular weight excluding hydrogens is 439 g/mol. The zero-order valence-corrected chi connectivity index (χ0v) is 17.7. The Labute approximate surface area is 171 Å². The summed E-state index contributed by atoms with van der Waals surface area (Å²) in [4.78, 5) is 11.2. The fraction of sp³-hybridized carbons (Fsp3) is 0.316. The molecule has 0 amide bonds. The number of aliphatic imine (C=N–C) groups is 1. The van der Waals surface area contributed by atoms with Gasteiger partial charge in [-0.05, 0) is 23.3 Å². The van der Waals surface area contributed by atoms with Gasteiger partial charge in [-0.1, -0.05) is 42.5 Å². The average molecular weight is 464 g/mol. The molecule has 0 saturated heterocycles. The average Bonchev–Trinajstić information content (AvgIpc) is 3.03. The number of halogens is 1. The minimum atomic E-state index is 0. The van der Waals surface area contributed by atoms with Gasteiger partial charge in [0.1, 0.15) is 12.2 Å². The first-order chi connectivity index (χ1) is 12.2. The minimum absolute atomic E-state index is 0. The number of nitrogens with one attached hydrogen (secondary N) is 1. The molecule has 3 rings (SSSR count). The van der Waals surface area contributed by atoms with Gasteiger partial charge in [-0.15, -0.1) is 24.0 Å². The van der Waals surface area contributed by atoms with Crippen LogP contribution in [-0.4, -0.2) is 39.2 Å². The van der Waals surface area contributed by atoms with E-state index in [1.54, 1.807) is 11.0 Å². The van der Waals surface area contributed by atoms with E-state index in [-0.39, 0.29) is 24.0 Å². The minimum Gasteiger partial charge on any atom is -0.357 e. The predicted molar refractivity (Wildman–Crippen MR) is 117 cm³/mol. The topological polar surface area (TPSA) is 58.3 Å². The summed E-state index contributed by atoms with van der Waals surface area (Å²) in [5.74, 6) is 1.76. The van der Waals surface area contributed by atoms with Crippen molar-refractivity contribution in [2.24, 2.45) is 12.0 Å². The van der Waals surface area contributed by atoms with Crippen LogP contribution >= 0.6 is 24.0 Å². The molecule has 138 valence electrons. The van der Waals surface area contributed by atoms with Crippen LogP contribution in [-0.2, 0) is 20.1 Å². The fourth-order valence-electron chi connectivity index (χ4n) is 2.81. The van der Waals surface area contributed by atoms with Gasteiger partial charge in [-0.3, -0.25) is 4.68 Å². The molecule has 0 saturated carbocycles. The Morgan fingerprint density at radius 3 is 2.69 bits per heavy atom. The zero-order chi connectivity index (χ0) is 17.6. The summed E-state index contributed by atoms with van der Waals surface area (Å²) in [6.45, 7) is 4.17. The van der Waals surface area contributed by atoms with Gasteiger partial charge in [0.25, 0.3) is 0 Å². The van der Waals surface area contributed by atoms with Gasteiger partial charge in [-0.25, -0.2) is 9.98 Å². The summed E-state index contributed by atoms with van der Waals surface area (Å²) in [5.41, 5.74) is 1.22. The van der Waals surface area contributed by atoms with Crippen LogP contribution in [0.2, 0.25) is 0 Å². The first kappa shape index (κ1) is 20.2. The van der Waals surface area contributed by atoms with Crippen LogP contribution in [0, 0.1) is 0 Å². The monoisotopic (exact) mass is 464 g/mol. The molecule has 2 aromatic carbocycles. The van der Waals surface area contributed by atoms with E-state index in [0.29, 0.717) is 13.1 Å². The molecule has 1 heterocycles. The standard InChI is InChI=1S/C19H24N6.HI/c1-4-20-19(24(2)13-18-22-14-23-25(18)3)21-12-16-10-7-9-15-8-5-6-11-17(15)16;/h5-11,14H,4,12-13H2,1-3H3,(H,20,21);1H. The van der Waals surface area contributed by atoms with Crippen LogP contribution in [0.25, 0.3) is 10.8 Å². The molecule has 3 aromatic rings. The van der Waals surface area contributed by atoms with Crippen molar-refractivity contribution < 1.29 is 0 Å². The highest BCUT2D eigenvalue weighted by Gasteiger charge is 2.10. The molecular formula is C19H25IN6. The molecule has 6 nitrogen and oxygen atoms in total. The quantitative estimate of drug-likeness (QED) is 0.358. The fourth-order valence-corrected chi connectivity index (χ4v) is 2.81. The number of hydrogen-bond donors (Lipinski definition) is 1. The van der Waals surface area contributed by atoms with Crippen molar-refractivity contribution in [3.63, 3.8) is 0 Å². The Balaban J connectivity index is 0.00000243. The molecule has 0 aliphatic rings. The predicted octanol–water partition coefficient (Wildman–Crippen LogP) is 3.18. The van der Waals surface area contributed by atoms with Gasteiger partial charge in [0.15, 0.2) is 5.96 Å². The zero-order valence-electron chi connectivity index (χ0n) is 15.4. The third kappa shape index (κ3) is 4.72. The van der Waals surface area contributed by atoms with Gasteiger partial charge in [0, 0.05) is 20.6 Å². The van der Waals surface area contributed by atoms with Crippen LogP contribution in [0.4, 0.5) is 0 Å². The highest BCUT2D eigenvalue weighted by Crippen LogP contribution is 2.19. The maximum Gasteiger partial charge on any atom is 0.194 e. The van der Waals surface area contributed by atoms with Crippen LogP contribution in [0.15, 0.2) is 53.8 Å². The highest BCUT2D eigenvalue weighted by molar-refractivity contribution is 14.0. The van der Waals surface area contributed by atoms with Crippen molar-refractivity contribution in [1.82, 2.24) is 25.0 Å². The molecule has 0 unspecified atom stereocenters. The molecule has 26 heavy (non-hydrogen) atoms. The Morgan fingerprint density at radius 2 is 1.96 bits per heavy atom. The van der Waals surface area contributed by atoms with E-state index >= 15 is 0 Å². The molecule has 0 radical (unpaired) electrons. The second kappa shape index (κ2) is 9.51. The molecule has 0 atom stereocenters. The summed E-state index contributed by atoms with van der Waals surface area (Å²) in [5, 5.41) is 9.97. The summed E-state index contributed by atoms with van der Waals surface area (Å²) in [7, 11) is 3.91. The van der Waals surface area contributed by atoms with E-state index < -0.39 is 0 Å². The van der Waals surface area contributed by atoms with E-state index in [1.807, 2.05) is 14.1 Å². The van der Waals surface area contributed by atoms with Crippen molar-refractivity contribution in [2.75, 3.05) is 13.6 Å². The maximum atomic E-state index is 4.82. The number of guanidine groups is 1.